The largest absolute Gasteiger partial charge is 0.341 e. The molecule has 0 atom stereocenters. The maximum Gasteiger partial charge on any atom is 0.263 e. The fraction of sp³-hybridized carbons (Fsp3) is 0.611. The molecule has 2 aromatic heterocycles. The van der Waals surface area contributed by atoms with Crippen molar-refractivity contribution in [2.24, 2.45) is 0 Å². The van der Waals surface area contributed by atoms with E-state index in [0.717, 1.165) is 32.1 Å². The number of carbonyl (C=O) groups is 1. The van der Waals surface area contributed by atoms with Crippen molar-refractivity contribution < 1.29 is 13.2 Å². The molecule has 0 saturated carbocycles. The second-order valence-corrected chi connectivity index (χ2v) is 10.5. The topological polar surface area (TPSA) is 92.6 Å². The first-order valence-corrected chi connectivity index (χ1v) is 11.9. The van der Waals surface area contributed by atoms with E-state index in [1.165, 1.54) is 26.5 Å². The number of fused-ring (bicyclic) bond motifs is 1. The number of amides is 1. The van der Waals surface area contributed by atoms with Crippen molar-refractivity contribution >= 4 is 37.5 Å². The van der Waals surface area contributed by atoms with Crippen LogP contribution in [0.25, 0.3) is 10.2 Å². The third-order valence-corrected chi connectivity index (χ3v) is 8.69. The van der Waals surface area contributed by atoms with Gasteiger partial charge in [-0.05, 0) is 32.6 Å². The Morgan fingerprint density at radius 3 is 2.43 bits per heavy atom. The molecule has 4 heterocycles. The van der Waals surface area contributed by atoms with Gasteiger partial charge in [0.15, 0.2) is 0 Å². The van der Waals surface area contributed by atoms with Crippen LogP contribution in [0.1, 0.15) is 37.0 Å². The Morgan fingerprint density at radius 2 is 1.75 bits per heavy atom. The molecule has 152 valence electrons. The quantitative estimate of drug-likeness (QED) is 0.743. The van der Waals surface area contributed by atoms with Crippen LogP contribution in [0.4, 0.5) is 0 Å². The highest BCUT2D eigenvalue weighted by Gasteiger charge is 2.32. The number of hydrogen-bond acceptors (Lipinski definition) is 6. The van der Waals surface area contributed by atoms with Crippen LogP contribution in [0, 0.1) is 6.92 Å². The molecule has 0 bridgehead atoms. The highest BCUT2D eigenvalue weighted by molar-refractivity contribution is 7.89. The second kappa shape index (κ2) is 7.57. The molecule has 2 aromatic rings. The fourth-order valence-corrected chi connectivity index (χ4v) is 7.17. The maximum atomic E-state index is 13.3. The summed E-state index contributed by atoms with van der Waals surface area (Å²) in [5, 5.41) is 0.116. The number of carbonyl (C=O) groups excluding carboxylic acids is 1. The minimum absolute atomic E-state index is 0.0647. The zero-order valence-corrected chi connectivity index (χ0v) is 17.5. The van der Waals surface area contributed by atoms with Gasteiger partial charge < -0.3 is 4.90 Å². The first kappa shape index (κ1) is 19.5. The third kappa shape index (κ3) is 3.37. The van der Waals surface area contributed by atoms with Gasteiger partial charge in [-0.3, -0.25) is 14.2 Å². The van der Waals surface area contributed by atoms with E-state index in [1.54, 1.807) is 11.8 Å². The first-order valence-electron chi connectivity index (χ1n) is 9.66. The van der Waals surface area contributed by atoms with E-state index in [0.29, 0.717) is 35.9 Å². The average molecular weight is 425 g/mol. The van der Waals surface area contributed by atoms with Crippen molar-refractivity contribution in [3.8, 4) is 0 Å². The van der Waals surface area contributed by atoms with Crippen molar-refractivity contribution in [3.05, 3.63) is 21.6 Å². The highest BCUT2D eigenvalue weighted by Crippen LogP contribution is 2.33. The molecule has 2 saturated heterocycles. The summed E-state index contributed by atoms with van der Waals surface area (Å²) < 4.78 is 29.2. The molecule has 0 spiro atoms. The number of likely N-dealkylation sites (tertiary alicyclic amines) is 1. The molecule has 1 amide bonds. The lowest BCUT2D eigenvalue weighted by atomic mass is 10.2. The number of nitrogens with zero attached hydrogens (tertiary/aromatic N) is 4. The molecular formula is C18H24N4O4S2. The SMILES string of the molecule is Cc1sc2ncn(CC(=O)N3CCCC3)c(=O)c2c1S(=O)(=O)N1CCCCC1. The van der Waals surface area contributed by atoms with Gasteiger partial charge in [-0.25, -0.2) is 13.4 Å². The smallest absolute Gasteiger partial charge is 0.263 e. The predicted molar refractivity (Wildman–Crippen MR) is 107 cm³/mol. The van der Waals surface area contributed by atoms with E-state index >= 15 is 0 Å². The van der Waals surface area contributed by atoms with Crippen LogP contribution in [0.15, 0.2) is 16.0 Å². The molecule has 0 radical (unpaired) electrons. The molecule has 0 aliphatic carbocycles. The van der Waals surface area contributed by atoms with Crippen molar-refractivity contribution in [2.45, 2.75) is 50.5 Å². The monoisotopic (exact) mass is 424 g/mol. The second-order valence-electron chi connectivity index (χ2n) is 7.40. The van der Waals surface area contributed by atoms with Crippen LogP contribution in [0.5, 0.6) is 0 Å². The number of aryl methyl sites for hydroxylation is 1. The summed E-state index contributed by atoms with van der Waals surface area (Å²) in [4.78, 5) is 32.6. The zero-order chi connectivity index (χ0) is 19.9. The number of hydrogen-bond donors (Lipinski definition) is 0. The van der Waals surface area contributed by atoms with Crippen LogP contribution < -0.4 is 5.56 Å². The average Bonchev–Trinajstić information content (AvgIpc) is 3.33. The summed E-state index contributed by atoms with van der Waals surface area (Å²) >= 11 is 1.21. The number of thiophene rings is 1. The van der Waals surface area contributed by atoms with Crippen molar-refractivity contribution in [2.75, 3.05) is 26.2 Å². The van der Waals surface area contributed by atoms with Gasteiger partial charge >= 0.3 is 0 Å². The van der Waals surface area contributed by atoms with Gasteiger partial charge in [-0.15, -0.1) is 11.3 Å². The Kier molecular flexibility index (Phi) is 5.28. The summed E-state index contributed by atoms with van der Waals surface area (Å²) in [5.74, 6) is -0.131. The molecule has 2 aliphatic rings. The van der Waals surface area contributed by atoms with E-state index in [2.05, 4.69) is 4.98 Å². The Labute approximate surface area is 167 Å². The molecule has 0 unspecified atom stereocenters. The first-order chi connectivity index (χ1) is 13.4. The van der Waals surface area contributed by atoms with Gasteiger partial charge in [-0.2, -0.15) is 4.31 Å². The molecule has 2 fully saturated rings. The van der Waals surface area contributed by atoms with Crippen molar-refractivity contribution in [1.82, 2.24) is 18.8 Å². The molecule has 2 aliphatic heterocycles. The molecule has 0 N–H and O–H groups in total. The van der Waals surface area contributed by atoms with Gasteiger partial charge in [-0.1, -0.05) is 6.42 Å². The summed E-state index contributed by atoms with van der Waals surface area (Å²) in [6, 6.07) is 0. The predicted octanol–water partition coefficient (Wildman–Crippen LogP) is 1.56. The minimum Gasteiger partial charge on any atom is -0.341 e. The van der Waals surface area contributed by atoms with Crippen molar-refractivity contribution in [1.29, 1.82) is 0 Å². The van der Waals surface area contributed by atoms with Crippen LogP contribution in [-0.4, -0.2) is 59.3 Å². The molecule has 0 aromatic carbocycles. The number of sulfonamides is 1. The lowest BCUT2D eigenvalue weighted by molar-refractivity contribution is -0.130. The summed E-state index contributed by atoms with van der Waals surface area (Å²) in [6.07, 6.45) is 5.97. The van der Waals surface area contributed by atoms with E-state index in [4.69, 9.17) is 0 Å². The third-order valence-electron chi connectivity index (χ3n) is 5.48. The minimum atomic E-state index is -3.76. The standard InChI is InChI=1S/C18H24N4O4S2/c1-13-16(28(25,26)22-9-3-2-4-10-22)15-17(27-13)19-12-21(18(15)24)11-14(23)20-7-5-6-8-20/h12H,2-11H2,1H3. The Bertz CT molecular complexity index is 1060. The lowest BCUT2D eigenvalue weighted by Crippen LogP contribution is -2.37. The van der Waals surface area contributed by atoms with E-state index < -0.39 is 15.6 Å². The van der Waals surface area contributed by atoms with E-state index in [-0.39, 0.29) is 22.7 Å². The molecule has 8 nitrogen and oxygen atoms in total. The molecule has 4 rings (SSSR count). The normalized spacial score (nSPS) is 18.8. The van der Waals surface area contributed by atoms with E-state index in [9.17, 15) is 18.0 Å². The molecule has 28 heavy (non-hydrogen) atoms. The molecular weight excluding hydrogens is 400 g/mol. The summed E-state index contributed by atoms with van der Waals surface area (Å²) in [5.41, 5.74) is -0.461. The Balaban J connectivity index is 1.76. The van der Waals surface area contributed by atoms with Crippen LogP contribution in [0.2, 0.25) is 0 Å². The van der Waals surface area contributed by atoms with Gasteiger partial charge in [0.2, 0.25) is 15.9 Å². The van der Waals surface area contributed by atoms with Gasteiger partial charge in [0.1, 0.15) is 16.3 Å². The lowest BCUT2D eigenvalue weighted by Gasteiger charge is -2.25. The molecule has 10 heteroatoms. The summed E-state index contributed by atoms with van der Waals surface area (Å²) in [6.45, 7) is 3.95. The van der Waals surface area contributed by atoms with E-state index in [1.807, 2.05) is 0 Å². The number of piperidine rings is 1. The summed E-state index contributed by atoms with van der Waals surface area (Å²) in [7, 11) is -3.76. The Hall–Kier alpha value is -1.78. The zero-order valence-electron chi connectivity index (χ0n) is 15.9. The van der Waals surface area contributed by atoms with Gasteiger partial charge in [0.25, 0.3) is 5.56 Å². The van der Waals surface area contributed by atoms with Gasteiger partial charge in [0, 0.05) is 31.1 Å². The Morgan fingerprint density at radius 1 is 1.11 bits per heavy atom. The van der Waals surface area contributed by atoms with Crippen LogP contribution in [0.3, 0.4) is 0 Å². The van der Waals surface area contributed by atoms with Crippen LogP contribution in [-0.2, 0) is 21.4 Å². The van der Waals surface area contributed by atoms with Crippen molar-refractivity contribution in [3.63, 3.8) is 0 Å². The highest BCUT2D eigenvalue weighted by atomic mass is 32.2. The van der Waals surface area contributed by atoms with Crippen LogP contribution >= 0.6 is 11.3 Å². The van der Waals surface area contributed by atoms with Gasteiger partial charge in [0.05, 0.1) is 11.7 Å². The maximum absolute atomic E-state index is 13.3. The number of rotatable bonds is 4. The number of aromatic nitrogens is 2. The fourth-order valence-electron chi connectivity index (χ4n) is 3.98.